The van der Waals surface area contributed by atoms with Crippen molar-refractivity contribution in [2.45, 2.75) is 38.6 Å². The molecule has 6 heteroatoms. The number of carbonyl (C=O) groups is 2. The molecule has 2 amide bonds. The first-order valence-electron chi connectivity index (χ1n) is 8.52. The van der Waals surface area contributed by atoms with Crippen molar-refractivity contribution < 1.29 is 9.59 Å². The van der Waals surface area contributed by atoms with Crippen LogP contribution in [0.2, 0.25) is 0 Å². The molecule has 126 valence electrons. The molecule has 0 bridgehead atoms. The van der Waals surface area contributed by atoms with E-state index in [1.54, 1.807) is 0 Å². The second kappa shape index (κ2) is 8.48. The Hall–Kier alpha value is -1.14. The lowest BCUT2D eigenvalue weighted by atomic mass is 9.86. The zero-order valence-corrected chi connectivity index (χ0v) is 13.9. The third-order valence-electron chi connectivity index (χ3n) is 4.75. The molecule has 0 aromatic heterocycles. The fourth-order valence-corrected chi connectivity index (χ4v) is 3.33. The highest BCUT2D eigenvalue weighted by atomic mass is 16.2. The molecule has 22 heavy (non-hydrogen) atoms. The van der Waals surface area contributed by atoms with E-state index in [9.17, 15) is 9.59 Å². The Morgan fingerprint density at radius 2 is 1.86 bits per heavy atom. The molecule has 0 radical (unpaired) electrons. The van der Waals surface area contributed by atoms with Crippen molar-refractivity contribution in [2.75, 3.05) is 46.3 Å². The zero-order valence-electron chi connectivity index (χ0n) is 13.9. The minimum absolute atomic E-state index is 0.0364. The van der Waals surface area contributed by atoms with Crippen LogP contribution in [0.25, 0.3) is 0 Å². The van der Waals surface area contributed by atoms with Crippen LogP contribution in [0, 0.1) is 5.92 Å². The molecule has 0 spiro atoms. The SMILES string of the molecule is CC1CCCCC1NC(=O)CN(C)CC(=O)N1CCNCC1. The summed E-state index contributed by atoms with van der Waals surface area (Å²) in [4.78, 5) is 28.0. The van der Waals surface area contributed by atoms with Crippen LogP contribution >= 0.6 is 0 Å². The Labute approximate surface area is 133 Å². The largest absolute Gasteiger partial charge is 0.352 e. The lowest BCUT2D eigenvalue weighted by Gasteiger charge is -2.31. The van der Waals surface area contributed by atoms with Crippen LogP contribution in [0.4, 0.5) is 0 Å². The van der Waals surface area contributed by atoms with Gasteiger partial charge in [0.1, 0.15) is 0 Å². The van der Waals surface area contributed by atoms with Crippen molar-refractivity contribution in [3.63, 3.8) is 0 Å². The summed E-state index contributed by atoms with van der Waals surface area (Å²) in [6.07, 6.45) is 4.75. The molecule has 0 aromatic carbocycles. The zero-order chi connectivity index (χ0) is 15.9. The summed E-state index contributed by atoms with van der Waals surface area (Å²) in [6.45, 7) is 6.05. The Morgan fingerprint density at radius 3 is 2.55 bits per heavy atom. The van der Waals surface area contributed by atoms with E-state index in [1.807, 2.05) is 16.8 Å². The van der Waals surface area contributed by atoms with Crippen LogP contribution in [-0.4, -0.2) is 74.0 Å². The predicted octanol–water partition coefficient (Wildman–Crippen LogP) is 0.0449. The molecule has 2 unspecified atom stereocenters. The van der Waals surface area contributed by atoms with E-state index in [2.05, 4.69) is 17.6 Å². The quantitative estimate of drug-likeness (QED) is 0.753. The van der Waals surface area contributed by atoms with Crippen molar-refractivity contribution in [1.82, 2.24) is 20.4 Å². The molecular weight excluding hydrogens is 280 g/mol. The fraction of sp³-hybridized carbons (Fsp3) is 0.875. The van der Waals surface area contributed by atoms with Crippen LogP contribution in [0.15, 0.2) is 0 Å². The molecule has 1 heterocycles. The summed E-state index contributed by atoms with van der Waals surface area (Å²) in [5, 5.41) is 6.37. The van der Waals surface area contributed by atoms with E-state index in [1.165, 1.54) is 19.3 Å². The minimum Gasteiger partial charge on any atom is -0.352 e. The number of hydrogen-bond donors (Lipinski definition) is 2. The molecule has 1 saturated heterocycles. The predicted molar refractivity (Wildman–Crippen MR) is 86.5 cm³/mol. The Morgan fingerprint density at radius 1 is 1.18 bits per heavy atom. The molecule has 2 rings (SSSR count). The molecule has 1 aliphatic carbocycles. The van der Waals surface area contributed by atoms with Gasteiger partial charge in [0, 0.05) is 32.2 Å². The second-order valence-corrected chi connectivity index (χ2v) is 6.74. The number of nitrogens with zero attached hydrogens (tertiary/aromatic N) is 2. The number of nitrogens with one attached hydrogen (secondary N) is 2. The van der Waals surface area contributed by atoms with E-state index in [-0.39, 0.29) is 11.8 Å². The Kier molecular flexibility index (Phi) is 6.64. The van der Waals surface area contributed by atoms with Crippen LogP contribution in [0.3, 0.4) is 0 Å². The van der Waals surface area contributed by atoms with Crippen LogP contribution < -0.4 is 10.6 Å². The van der Waals surface area contributed by atoms with Crippen LogP contribution in [0.5, 0.6) is 0 Å². The lowest BCUT2D eigenvalue weighted by molar-refractivity contribution is -0.133. The van der Waals surface area contributed by atoms with Crippen molar-refractivity contribution in [2.24, 2.45) is 5.92 Å². The maximum Gasteiger partial charge on any atom is 0.236 e. The van der Waals surface area contributed by atoms with Crippen molar-refractivity contribution in [3.05, 3.63) is 0 Å². The summed E-state index contributed by atoms with van der Waals surface area (Å²) in [6, 6.07) is 0.304. The fourth-order valence-electron chi connectivity index (χ4n) is 3.33. The van der Waals surface area contributed by atoms with Gasteiger partial charge in [-0.2, -0.15) is 0 Å². The van der Waals surface area contributed by atoms with Gasteiger partial charge >= 0.3 is 0 Å². The molecule has 1 saturated carbocycles. The summed E-state index contributed by atoms with van der Waals surface area (Å²) < 4.78 is 0. The van der Waals surface area contributed by atoms with E-state index < -0.39 is 0 Å². The van der Waals surface area contributed by atoms with E-state index in [0.717, 1.165) is 32.6 Å². The topological polar surface area (TPSA) is 64.7 Å². The van der Waals surface area contributed by atoms with Crippen molar-refractivity contribution >= 4 is 11.8 Å². The maximum absolute atomic E-state index is 12.2. The smallest absolute Gasteiger partial charge is 0.236 e. The highest BCUT2D eigenvalue weighted by Crippen LogP contribution is 2.23. The molecule has 1 aliphatic heterocycles. The average molecular weight is 310 g/mol. The number of piperazine rings is 1. The van der Waals surface area contributed by atoms with E-state index in [4.69, 9.17) is 0 Å². The highest BCUT2D eigenvalue weighted by molar-refractivity contribution is 5.81. The molecule has 2 N–H and O–H groups in total. The van der Waals surface area contributed by atoms with Crippen molar-refractivity contribution in [1.29, 1.82) is 0 Å². The molecule has 2 fully saturated rings. The third kappa shape index (κ3) is 5.25. The number of likely N-dealkylation sites (N-methyl/N-ethyl adjacent to an activating group) is 1. The molecule has 0 aromatic rings. The first kappa shape index (κ1) is 17.2. The van der Waals surface area contributed by atoms with Gasteiger partial charge in [0.05, 0.1) is 13.1 Å². The van der Waals surface area contributed by atoms with E-state index in [0.29, 0.717) is 25.0 Å². The molecule has 6 nitrogen and oxygen atoms in total. The summed E-state index contributed by atoms with van der Waals surface area (Å²) in [7, 11) is 1.84. The molecule has 2 aliphatic rings. The second-order valence-electron chi connectivity index (χ2n) is 6.74. The van der Waals surface area contributed by atoms with Crippen LogP contribution in [-0.2, 0) is 9.59 Å². The van der Waals surface area contributed by atoms with Gasteiger partial charge in [-0.3, -0.25) is 14.5 Å². The Bertz CT molecular complexity index is 382. The van der Waals surface area contributed by atoms with Gasteiger partial charge in [-0.15, -0.1) is 0 Å². The average Bonchev–Trinajstić information content (AvgIpc) is 2.50. The summed E-state index contributed by atoms with van der Waals surface area (Å²) >= 11 is 0. The molecular formula is C16H30N4O2. The van der Waals surface area contributed by atoms with Crippen molar-refractivity contribution in [3.8, 4) is 0 Å². The van der Waals surface area contributed by atoms with Gasteiger partial charge in [0.15, 0.2) is 0 Å². The van der Waals surface area contributed by atoms with Gasteiger partial charge in [0.25, 0.3) is 0 Å². The standard InChI is InChI=1S/C16H30N4O2/c1-13-5-3-4-6-14(13)18-15(21)11-19(2)12-16(22)20-9-7-17-8-10-20/h13-14,17H,3-12H2,1-2H3,(H,18,21). The monoisotopic (exact) mass is 310 g/mol. The van der Waals surface area contributed by atoms with Gasteiger partial charge < -0.3 is 15.5 Å². The summed E-state index contributed by atoms with van der Waals surface area (Å²) in [5.41, 5.74) is 0. The third-order valence-corrected chi connectivity index (χ3v) is 4.75. The first-order chi connectivity index (χ1) is 10.6. The lowest BCUT2D eigenvalue weighted by Crippen LogP contribution is -2.50. The normalized spacial score (nSPS) is 26.0. The number of carbonyl (C=O) groups excluding carboxylic acids is 2. The minimum atomic E-state index is 0.0364. The molecule has 2 atom stereocenters. The summed E-state index contributed by atoms with van der Waals surface area (Å²) in [5.74, 6) is 0.711. The maximum atomic E-state index is 12.2. The van der Waals surface area contributed by atoms with E-state index >= 15 is 0 Å². The van der Waals surface area contributed by atoms with Gasteiger partial charge in [-0.05, 0) is 25.8 Å². The number of hydrogen-bond acceptors (Lipinski definition) is 4. The number of amides is 2. The van der Waals surface area contributed by atoms with Gasteiger partial charge in [-0.25, -0.2) is 0 Å². The Balaban J connectivity index is 1.70. The van der Waals surface area contributed by atoms with Gasteiger partial charge in [-0.1, -0.05) is 19.8 Å². The van der Waals surface area contributed by atoms with Crippen LogP contribution in [0.1, 0.15) is 32.6 Å². The van der Waals surface area contributed by atoms with Gasteiger partial charge in [0.2, 0.25) is 11.8 Å². The highest BCUT2D eigenvalue weighted by Gasteiger charge is 2.24. The first-order valence-corrected chi connectivity index (χ1v) is 8.52. The number of rotatable bonds is 5.